The van der Waals surface area contributed by atoms with Gasteiger partial charge in [-0.15, -0.1) is 23.5 Å². The summed E-state index contributed by atoms with van der Waals surface area (Å²) >= 11 is 2.75. The Morgan fingerprint density at radius 1 is 1.05 bits per heavy atom. The summed E-state index contributed by atoms with van der Waals surface area (Å²) in [6, 6.07) is 10.3. The molecule has 39 heavy (non-hydrogen) atoms. The molecule has 0 spiro atoms. The van der Waals surface area contributed by atoms with Crippen LogP contribution in [0.2, 0.25) is 0 Å². The van der Waals surface area contributed by atoms with Gasteiger partial charge in [0.1, 0.15) is 16.2 Å². The molecule has 0 saturated heterocycles. The highest BCUT2D eigenvalue weighted by Crippen LogP contribution is 2.44. The Morgan fingerprint density at radius 2 is 1.69 bits per heavy atom. The van der Waals surface area contributed by atoms with Gasteiger partial charge in [0.2, 0.25) is 0 Å². The molecular formula is C30H43NO6S2. The highest BCUT2D eigenvalue weighted by atomic mass is 32.2. The van der Waals surface area contributed by atoms with Crippen LogP contribution in [0.15, 0.2) is 47.1 Å². The SMILES string of the molecule is CCOC(=O)C[C@@H](/C=C(\N=C(SC)SC)C(=O)OCC)C(=O)OC1CC(C)CCC1C(C)(C)c1ccccc1. The van der Waals surface area contributed by atoms with Crippen molar-refractivity contribution in [2.75, 3.05) is 25.7 Å². The second kappa shape index (κ2) is 16.1. The van der Waals surface area contributed by atoms with E-state index in [1.165, 1.54) is 35.2 Å². The molecule has 216 valence electrons. The van der Waals surface area contributed by atoms with E-state index in [-0.39, 0.29) is 42.8 Å². The molecule has 0 aromatic heterocycles. The fourth-order valence-electron chi connectivity index (χ4n) is 5.03. The van der Waals surface area contributed by atoms with E-state index in [0.717, 1.165) is 19.3 Å². The van der Waals surface area contributed by atoms with Crippen LogP contribution in [0.3, 0.4) is 0 Å². The lowest BCUT2D eigenvalue weighted by molar-refractivity contribution is -0.163. The number of nitrogens with zero attached hydrogens (tertiary/aromatic N) is 1. The first-order chi connectivity index (χ1) is 18.6. The molecule has 0 radical (unpaired) electrons. The average Bonchev–Trinajstić information content (AvgIpc) is 2.91. The van der Waals surface area contributed by atoms with Crippen LogP contribution in [0.5, 0.6) is 0 Å². The number of esters is 3. The van der Waals surface area contributed by atoms with Gasteiger partial charge in [0.05, 0.1) is 25.6 Å². The minimum atomic E-state index is -1.05. The zero-order chi connectivity index (χ0) is 29.0. The van der Waals surface area contributed by atoms with Crippen molar-refractivity contribution in [3.8, 4) is 0 Å². The van der Waals surface area contributed by atoms with Crippen LogP contribution >= 0.6 is 23.5 Å². The third-order valence-electron chi connectivity index (χ3n) is 7.17. The highest BCUT2D eigenvalue weighted by Gasteiger charge is 2.42. The Kier molecular flexibility index (Phi) is 13.6. The van der Waals surface area contributed by atoms with E-state index in [1.54, 1.807) is 13.8 Å². The Hall–Kier alpha value is -2.26. The molecule has 9 heteroatoms. The molecule has 4 atom stereocenters. The molecule has 3 unspecified atom stereocenters. The molecule has 1 saturated carbocycles. The molecule has 0 amide bonds. The summed E-state index contributed by atoms with van der Waals surface area (Å²) in [6.45, 7) is 10.3. The second-order valence-corrected chi connectivity index (χ2v) is 12.1. The Bertz CT molecular complexity index is 1020. The van der Waals surface area contributed by atoms with Gasteiger partial charge in [-0.25, -0.2) is 9.79 Å². The van der Waals surface area contributed by atoms with Gasteiger partial charge in [-0.2, -0.15) is 0 Å². The second-order valence-electron chi connectivity index (χ2n) is 10.3. The third kappa shape index (κ3) is 9.71. The van der Waals surface area contributed by atoms with Crippen LogP contribution in [0.4, 0.5) is 0 Å². The van der Waals surface area contributed by atoms with Gasteiger partial charge >= 0.3 is 17.9 Å². The van der Waals surface area contributed by atoms with Crippen LogP contribution in [0.1, 0.15) is 65.9 Å². The molecule has 1 fully saturated rings. The molecule has 1 aromatic rings. The van der Waals surface area contributed by atoms with E-state index in [0.29, 0.717) is 10.3 Å². The number of ether oxygens (including phenoxy) is 3. The normalized spacial score (nSPS) is 20.5. The molecular weight excluding hydrogens is 534 g/mol. The van der Waals surface area contributed by atoms with Crippen molar-refractivity contribution in [1.29, 1.82) is 0 Å². The minimum Gasteiger partial charge on any atom is -0.466 e. The molecule has 1 aromatic carbocycles. The van der Waals surface area contributed by atoms with Crippen molar-refractivity contribution in [2.45, 2.75) is 71.8 Å². The van der Waals surface area contributed by atoms with Crippen LogP contribution in [0, 0.1) is 17.8 Å². The number of carbonyl (C=O) groups excluding carboxylic acids is 3. The summed E-state index contributed by atoms with van der Waals surface area (Å²) in [4.78, 5) is 43.4. The smallest absolute Gasteiger partial charge is 0.356 e. The number of aliphatic imine (C=N–C) groups is 1. The van der Waals surface area contributed by atoms with Crippen LogP contribution in [-0.2, 0) is 34.0 Å². The predicted molar refractivity (Wildman–Crippen MR) is 160 cm³/mol. The van der Waals surface area contributed by atoms with Gasteiger partial charge in [0.15, 0.2) is 0 Å². The van der Waals surface area contributed by atoms with E-state index >= 15 is 0 Å². The van der Waals surface area contributed by atoms with E-state index in [9.17, 15) is 14.4 Å². The number of thioether (sulfide) groups is 2. The van der Waals surface area contributed by atoms with Crippen molar-refractivity contribution < 1.29 is 28.6 Å². The van der Waals surface area contributed by atoms with Crippen molar-refractivity contribution in [3.05, 3.63) is 47.7 Å². The fraction of sp³-hybridized carbons (Fsp3) is 0.600. The fourth-order valence-corrected chi connectivity index (χ4v) is 6.08. The number of benzene rings is 1. The molecule has 0 aliphatic heterocycles. The average molecular weight is 578 g/mol. The summed E-state index contributed by atoms with van der Waals surface area (Å²) < 4.78 is 17.2. The zero-order valence-electron chi connectivity index (χ0n) is 24.2. The van der Waals surface area contributed by atoms with E-state index in [4.69, 9.17) is 14.2 Å². The summed E-state index contributed by atoms with van der Waals surface area (Å²) in [5.41, 5.74) is 0.930. The monoisotopic (exact) mass is 577 g/mol. The summed E-state index contributed by atoms with van der Waals surface area (Å²) in [7, 11) is 0. The highest BCUT2D eigenvalue weighted by molar-refractivity contribution is 8.38. The van der Waals surface area contributed by atoms with Gasteiger partial charge in [-0.1, -0.05) is 57.5 Å². The van der Waals surface area contributed by atoms with Gasteiger partial charge in [-0.05, 0) is 62.2 Å². The Labute approximate surface area is 241 Å². The summed E-state index contributed by atoms with van der Waals surface area (Å²) in [5.74, 6) is -2.33. The topological polar surface area (TPSA) is 91.3 Å². The lowest BCUT2D eigenvalue weighted by Gasteiger charge is -2.44. The van der Waals surface area contributed by atoms with E-state index in [1.807, 2.05) is 30.7 Å². The van der Waals surface area contributed by atoms with E-state index in [2.05, 4.69) is 37.9 Å². The van der Waals surface area contributed by atoms with Crippen molar-refractivity contribution in [1.82, 2.24) is 0 Å². The molecule has 1 aliphatic rings. The van der Waals surface area contributed by atoms with Crippen LogP contribution in [0.25, 0.3) is 0 Å². The number of hydrogen-bond acceptors (Lipinski definition) is 9. The van der Waals surface area contributed by atoms with Gasteiger partial charge in [0, 0.05) is 5.92 Å². The largest absolute Gasteiger partial charge is 0.466 e. The van der Waals surface area contributed by atoms with Crippen LogP contribution < -0.4 is 0 Å². The van der Waals surface area contributed by atoms with Gasteiger partial charge in [-0.3, -0.25) is 9.59 Å². The molecule has 7 nitrogen and oxygen atoms in total. The lowest BCUT2D eigenvalue weighted by atomic mass is 9.64. The van der Waals surface area contributed by atoms with E-state index < -0.39 is 23.8 Å². The van der Waals surface area contributed by atoms with Gasteiger partial charge < -0.3 is 14.2 Å². The first-order valence-corrected chi connectivity index (χ1v) is 16.0. The summed E-state index contributed by atoms with van der Waals surface area (Å²) in [5, 5.41) is 0. The quantitative estimate of drug-likeness (QED) is 0.0980. The Balaban J connectivity index is 2.45. The summed E-state index contributed by atoms with van der Waals surface area (Å²) in [6.07, 6.45) is 7.20. The Morgan fingerprint density at radius 3 is 2.28 bits per heavy atom. The minimum absolute atomic E-state index is 0.0278. The first-order valence-electron chi connectivity index (χ1n) is 13.5. The zero-order valence-corrected chi connectivity index (χ0v) is 25.9. The maximum Gasteiger partial charge on any atom is 0.356 e. The molecule has 0 bridgehead atoms. The maximum atomic E-state index is 13.7. The number of rotatable bonds is 11. The van der Waals surface area contributed by atoms with Crippen molar-refractivity contribution in [2.24, 2.45) is 22.7 Å². The predicted octanol–water partition coefficient (Wildman–Crippen LogP) is 6.41. The number of hydrogen-bond donors (Lipinski definition) is 0. The molecule has 0 N–H and O–H groups in total. The molecule has 1 aliphatic carbocycles. The number of carbonyl (C=O) groups is 3. The van der Waals surface area contributed by atoms with Crippen molar-refractivity contribution >= 4 is 45.8 Å². The molecule has 0 heterocycles. The maximum absolute atomic E-state index is 13.7. The van der Waals surface area contributed by atoms with Gasteiger partial charge in [0.25, 0.3) is 0 Å². The molecule has 2 rings (SSSR count). The van der Waals surface area contributed by atoms with Crippen LogP contribution in [-0.4, -0.2) is 54.1 Å². The third-order valence-corrected chi connectivity index (χ3v) is 9.05. The standard InChI is InChI=1S/C30H43NO6S2/c1-8-35-26(32)19-21(18-24(28(34)36-9-2)31-29(38-6)39-7)27(33)37-25-17-20(3)15-16-23(25)30(4,5)22-13-11-10-12-14-22/h10-14,18,20-21,23,25H,8-9,15-17,19H2,1-7H3/b24-18-/t20?,21-,23?,25?/m1/s1. The first kappa shape index (κ1) is 32.9. The lowest BCUT2D eigenvalue weighted by Crippen LogP contribution is -2.44. The van der Waals surface area contributed by atoms with Crippen molar-refractivity contribution in [3.63, 3.8) is 0 Å².